The highest BCUT2D eigenvalue weighted by atomic mass is 16.2. The van der Waals surface area contributed by atoms with E-state index in [2.05, 4.69) is 16.4 Å². The molecule has 2 amide bonds. The molecule has 1 aliphatic rings. The number of H-pyrrole nitrogens is 1. The largest absolute Gasteiger partial charge is 0.360 e. The molecular weight excluding hydrogens is 388 g/mol. The number of carbonyl (C=O) groups excluding carboxylic acids is 2. The van der Waals surface area contributed by atoms with Crippen molar-refractivity contribution in [3.05, 3.63) is 70.9 Å². The molecule has 6 heteroatoms. The summed E-state index contributed by atoms with van der Waals surface area (Å²) in [5, 5.41) is 13.1. The van der Waals surface area contributed by atoms with Gasteiger partial charge in [-0.15, -0.1) is 0 Å². The van der Waals surface area contributed by atoms with E-state index < -0.39 is 0 Å². The van der Waals surface area contributed by atoms with Crippen LogP contribution in [-0.4, -0.2) is 41.3 Å². The Bertz CT molecular complexity index is 1130. The average Bonchev–Trinajstić information content (AvgIpc) is 3.21. The summed E-state index contributed by atoms with van der Waals surface area (Å²) in [6.45, 7) is 3.75. The highest BCUT2D eigenvalue weighted by Gasteiger charge is 2.22. The van der Waals surface area contributed by atoms with Crippen LogP contribution >= 0.6 is 0 Å². The first-order valence-electron chi connectivity index (χ1n) is 10.7. The minimum Gasteiger partial charge on any atom is -0.360 e. The second kappa shape index (κ2) is 9.05. The predicted octanol–water partition coefficient (Wildman–Crippen LogP) is 3.74. The quantitative estimate of drug-likeness (QED) is 0.667. The van der Waals surface area contributed by atoms with E-state index >= 15 is 0 Å². The first kappa shape index (κ1) is 20.7. The summed E-state index contributed by atoms with van der Waals surface area (Å²) in [6, 6.07) is 16.0. The second-order valence-corrected chi connectivity index (χ2v) is 8.10. The van der Waals surface area contributed by atoms with Crippen molar-refractivity contribution < 1.29 is 9.59 Å². The van der Waals surface area contributed by atoms with Gasteiger partial charge >= 0.3 is 0 Å². The van der Waals surface area contributed by atoms with E-state index in [1.807, 2.05) is 47.4 Å². The summed E-state index contributed by atoms with van der Waals surface area (Å²) in [5.74, 6) is 0.497. The lowest BCUT2D eigenvalue weighted by molar-refractivity contribution is -0.129. The van der Waals surface area contributed by atoms with Crippen molar-refractivity contribution in [2.24, 2.45) is 0 Å². The molecule has 0 atom stereocenters. The Kier molecular flexibility index (Phi) is 6.03. The summed E-state index contributed by atoms with van der Waals surface area (Å²) in [5.41, 5.74) is 4.53. The van der Waals surface area contributed by atoms with E-state index in [1.54, 1.807) is 13.1 Å². The Morgan fingerprint density at radius 2 is 1.90 bits per heavy atom. The van der Waals surface area contributed by atoms with Gasteiger partial charge in [0.2, 0.25) is 5.91 Å². The maximum atomic E-state index is 12.5. The van der Waals surface area contributed by atoms with Gasteiger partial charge in [-0.1, -0.05) is 18.2 Å². The summed E-state index contributed by atoms with van der Waals surface area (Å²) in [6.07, 6.45) is 4.34. The van der Waals surface area contributed by atoms with Crippen molar-refractivity contribution in [1.82, 2.24) is 15.2 Å². The van der Waals surface area contributed by atoms with Crippen LogP contribution in [0.1, 0.15) is 52.7 Å². The number of aromatic nitrogens is 1. The van der Waals surface area contributed by atoms with Crippen molar-refractivity contribution in [2.45, 2.75) is 32.1 Å². The third-order valence-corrected chi connectivity index (χ3v) is 6.15. The number of carbonyl (C=O) groups is 2. The molecule has 0 bridgehead atoms. The molecule has 1 aliphatic heterocycles. The van der Waals surface area contributed by atoms with Gasteiger partial charge in [0.05, 0.1) is 5.56 Å². The molecule has 1 aromatic heterocycles. The highest BCUT2D eigenvalue weighted by Crippen LogP contribution is 2.28. The number of nitrogens with one attached hydrogen (secondary N) is 2. The Hall–Kier alpha value is -3.59. The molecule has 2 N–H and O–H groups in total. The molecule has 0 radical (unpaired) electrons. The smallest absolute Gasteiger partial charge is 0.251 e. The number of hydrogen-bond donors (Lipinski definition) is 2. The van der Waals surface area contributed by atoms with Crippen LogP contribution in [0.5, 0.6) is 0 Å². The number of benzene rings is 2. The Balaban J connectivity index is 1.30. The Morgan fingerprint density at radius 3 is 2.58 bits per heavy atom. The molecule has 31 heavy (non-hydrogen) atoms. The number of hydrogen-bond acceptors (Lipinski definition) is 3. The molecule has 2 aromatic carbocycles. The van der Waals surface area contributed by atoms with Crippen LogP contribution in [-0.2, 0) is 11.2 Å². The van der Waals surface area contributed by atoms with E-state index in [0.717, 1.165) is 42.4 Å². The van der Waals surface area contributed by atoms with Gasteiger partial charge in [-0.2, -0.15) is 5.26 Å². The van der Waals surface area contributed by atoms with Crippen LogP contribution in [0.3, 0.4) is 0 Å². The lowest BCUT2D eigenvalue weighted by Crippen LogP contribution is -2.36. The number of amides is 2. The van der Waals surface area contributed by atoms with E-state index in [0.29, 0.717) is 30.0 Å². The van der Waals surface area contributed by atoms with E-state index in [1.165, 1.54) is 5.56 Å². The zero-order valence-corrected chi connectivity index (χ0v) is 17.6. The fraction of sp³-hybridized carbons (Fsp3) is 0.320. The average molecular weight is 415 g/mol. The van der Waals surface area contributed by atoms with Gasteiger partial charge < -0.3 is 15.2 Å². The molecule has 4 rings (SSSR count). The number of fused-ring (bicyclic) bond motifs is 1. The number of piperidine rings is 1. The van der Waals surface area contributed by atoms with Gasteiger partial charge in [0.25, 0.3) is 5.91 Å². The third kappa shape index (κ3) is 4.61. The monoisotopic (exact) mass is 414 g/mol. The van der Waals surface area contributed by atoms with Crippen LogP contribution in [0.25, 0.3) is 10.9 Å². The zero-order chi connectivity index (χ0) is 21.8. The fourth-order valence-corrected chi connectivity index (χ4v) is 4.27. The summed E-state index contributed by atoms with van der Waals surface area (Å²) >= 11 is 0. The van der Waals surface area contributed by atoms with Crippen LogP contribution < -0.4 is 5.32 Å². The molecule has 0 unspecified atom stereocenters. The fourth-order valence-electron chi connectivity index (χ4n) is 4.27. The molecule has 6 nitrogen and oxygen atoms in total. The van der Waals surface area contributed by atoms with E-state index in [-0.39, 0.29) is 11.8 Å². The van der Waals surface area contributed by atoms with Crippen molar-refractivity contribution in [3.63, 3.8) is 0 Å². The lowest BCUT2D eigenvalue weighted by Gasteiger charge is -2.31. The number of rotatable bonds is 5. The van der Waals surface area contributed by atoms with Gasteiger partial charge in [0.1, 0.15) is 6.07 Å². The molecular formula is C25H26N4O2. The predicted molar refractivity (Wildman–Crippen MR) is 120 cm³/mol. The van der Waals surface area contributed by atoms with E-state index in [9.17, 15) is 14.9 Å². The normalized spacial score (nSPS) is 14.4. The third-order valence-electron chi connectivity index (χ3n) is 6.15. The molecule has 158 valence electrons. The molecule has 0 saturated carbocycles. The van der Waals surface area contributed by atoms with Crippen LogP contribution in [0.4, 0.5) is 0 Å². The molecule has 3 aromatic rings. The van der Waals surface area contributed by atoms with E-state index in [4.69, 9.17) is 0 Å². The standard InChI is InChI=1S/C25H26N4O2/c1-17(30)29-12-9-20(10-13-29)19-3-5-21(6-4-19)25(31)27-11-8-18-2-7-24-23(14-18)22(15-26)16-28-24/h2-7,14,16,20,28H,8-13H2,1H3,(H,27,31). The van der Waals surface area contributed by atoms with Gasteiger partial charge in [0.15, 0.2) is 0 Å². The topological polar surface area (TPSA) is 89.0 Å². The van der Waals surface area contributed by atoms with Crippen LogP contribution in [0.15, 0.2) is 48.7 Å². The summed E-state index contributed by atoms with van der Waals surface area (Å²) in [7, 11) is 0. The van der Waals surface area contributed by atoms with Crippen LogP contribution in [0, 0.1) is 11.3 Å². The SMILES string of the molecule is CC(=O)N1CCC(c2ccc(C(=O)NCCc3ccc4[nH]cc(C#N)c4c3)cc2)CC1. The molecule has 2 heterocycles. The maximum absolute atomic E-state index is 12.5. The maximum Gasteiger partial charge on any atom is 0.251 e. The van der Waals surface area contributed by atoms with Crippen molar-refractivity contribution in [2.75, 3.05) is 19.6 Å². The minimum atomic E-state index is -0.0848. The number of aromatic amines is 1. The molecule has 1 saturated heterocycles. The molecule has 0 aliphatic carbocycles. The number of nitriles is 1. The molecule has 0 spiro atoms. The zero-order valence-electron chi connectivity index (χ0n) is 17.6. The number of likely N-dealkylation sites (tertiary alicyclic amines) is 1. The van der Waals surface area contributed by atoms with Gasteiger partial charge in [0, 0.05) is 49.2 Å². The van der Waals surface area contributed by atoms with Crippen molar-refractivity contribution in [3.8, 4) is 6.07 Å². The second-order valence-electron chi connectivity index (χ2n) is 8.10. The first-order chi connectivity index (χ1) is 15.0. The van der Waals surface area contributed by atoms with Gasteiger partial charge in [-0.05, 0) is 60.6 Å². The highest BCUT2D eigenvalue weighted by molar-refractivity contribution is 5.94. The molecule has 1 fully saturated rings. The Labute approximate surface area is 181 Å². The Morgan fingerprint density at radius 1 is 1.16 bits per heavy atom. The lowest BCUT2D eigenvalue weighted by atomic mass is 9.89. The van der Waals surface area contributed by atoms with Crippen LogP contribution in [0.2, 0.25) is 0 Å². The summed E-state index contributed by atoms with van der Waals surface area (Å²) < 4.78 is 0. The minimum absolute atomic E-state index is 0.0848. The van der Waals surface area contributed by atoms with Crippen molar-refractivity contribution in [1.29, 1.82) is 5.26 Å². The first-order valence-corrected chi connectivity index (χ1v) is 10.7. The van der Waals surface area contributed by atoms with Gasteiger partial charge in [-0.3, -0.25) is 9.59 Å². The van der Waals surface area contributed by atoms with Gasteiger partial charge in [-0.25, -0.2) is 0 Å². The summed E-state index contributed by atoms with van der Waals surface area (Å²) in [4.78, 5) is 29.0. The number of nitrogens with zero attached hydrogens (tertiary/aromatic N) is 2. The van der Waals surface area contributed by atoms with Crippen molar-refractivity contribution >= 4 is 22.7 Å².